The average molecular weight is 424 g/mol. The number of hydrogen-bond donors (Lipinski definition) is 0. The maximum absolute atomic E-state index is 6.10. The SMILES string of the molecule is Cc1cc(C(C)(C)C)ccc1-c1cc(OCc2ccccc2)c(Br)c(C)n1. The Morgan fingerprint density at radius 2 is 1.67 bits per heavy atom. The van der Waals surface area contributed by atoms with Gasteiger partial charge in [0.05, 0.1) is 15.9 Å². The van der Waals surface area contributed by atoms with Crippen LogP contribution in [0.4, 0.5) is 0 Å². The van der Waals surface area contributed by atoms with Crippen molar-refractivity contribution in [1.29, 1.82) is 0 Å². The molecular weight excluding hydrogens is 398 g/mol. The van der Waals surface area contributed by atoms with Crippen LogP contribution in [0.2, 0.25) is 0 Å². The molecule has 0 bridgehead atoms. The Bertz CT molecular complexity index is 943. The van der Waals surface area contributed by atoms with Crippen molar-refractivity contribution in [3.05, 3.63) is 81.5 Å². The summed E-state index contributed by atoms with van der Waals surface area (Å²) in [5.41, 5.74) is 6.85. The van der Waals surface area contributed by atoms with Crippen molar-refractivity contribution in [1.82, 2.24) is 4.98 Å². The second-order valence-electron chi connectivity index (χ2n) is 7.96. The van der Waals surface area contributed by atoms with Gasteiger partial charge in [-0.3, -0.25) is 4.98 Å². The van der Waals surface area contributed by atoms with Gasteiger partial charge in [0.2, 0.25) is 0 Å². The van der Waals surface area contributed by atoms with Crippen LogP contribution in [0, 0.1) is 13.8 Å². The van der Waals surface area contributed by atoms with E-state index < -0.39 is 0 Å². The Kier molecular flexibility index (Phi) is 5.71. The Morgan fingerprint density at radius 1 is 0.963 bits per heavy atom. The molecule has 0 aliphatic rings. The largest absolute Gasteiger partial charge is 0.488 e. The number of aromatic nitrogens is 1. The van der Waals surface area contributed by atoms with E-state index in [1.807, 2.05) is 31.2 Å². The average Bonchev–Trinajstić information content (AvgIpc) is 2.63. The molecule has 2 aromatic carbocycles. The van der Waals surface area contributed by atoms with E-state index in [9.17, 15) is 0 Å². The fraction of sp³-hybridized carbons (Fsp3) is 0.292. The van der Waals surface area contributed by atoms with Crippen LogP contribution in [0.15, 0.2) is 59.1 Å². The van der Waals surface area contributed by atoms with Gasteiger partial charge in [0.15, 0.2) is 0 Å². The molecule has 3 heteroatoms. The van der Waals surface area contributed by atoms with Crippen LogP contribution in [-0.2, 0) is 12.0 Å². The number of ether oxygens (including phenoxy) is 1. The molecule has 27 heavy (non-hydrogen) atoms. The Morgan fingerprint density at radius 3 is 2.30 bits per heavy atom. The molecule has 140 valence electrons. The highest BCUT2D eigenvalue weighted by molar-refractivity contribution is 9.10. The second kappa shape index (κ2) is 7.85. The minimum Gasteiger partial charge on any atom is -0.488 e. The van der Waals surface area contributed by atoms with Crippen LogP contribution < -0.4 is 4.74 Å². The monoisotopic (exact) mass is 423 g/mol. The third-order valence-corrected chi connectivity index (χ3v) is 5.66. The van der Waals surface area contributed by atoms with Gasteiger partial charge < -0.3 is 4.74 Å². The van der Waals surface area contributed by atoms with Gasteiger partial charge in [-0.25, -0.2) is 0 Å². The fourth-order valence-corrected chi connectivity index (χ4v) is 3.34. The third kappa shape index (κ3) is 4.59. The minimum atomic E-state index is 0.135. The standard InChI is InChI=1S/C24H26BrNO/c1-16-13-19(24(3,4)5)11-12-20(16)21-14-22(23(25)17(2)26-21)27-15-18-9-7-6-8-10-18/h6-14H,15H2,1-5H3. The molecule has 0 radical (unpaired) electrons. The van der Waals surface area contributed by atoms with E-state index in [1.165, 1.54) is 11.1 Å². The van der Waals surface area contributed by atoms with Crippen LogP contribution in [0.25, 0.3) is 11.3 Å². The predicted octanol–water partition coefficient (Wildman–Crippen LogP) is 7.00. The summed E-state index contributed by atoms with van der Waals surface area (Å²) in [6.45, 7) is 11.4. The zero-order valence-corrected chi connectivity index (χ0v) is 18.2. The van der Waals surface area contributed by atoms with E-state index in [1.54, 1.807) is 0 Å². The smallest absolute Gasteiger partial charge is 0.138 e. The zero-order valence-electron chi connectivity index (χ0n) is 16.6. The van der Waals surface area contributed by atoms with Gasteiger partial charge in [0.1, 0.15) is 12.4 Å². The van der Waals surface area contributed by atoms with E-state index in [4.69, 9.17) is 9.72 Å². The summed E-state index contributed by atoms with van der Waals surface area (Å²) in [6, 6.07) is 18.9. The lowest BCUT2D eigenvalue weighted by Crippen LogP contribution is -2.11. The predicted molar refractivity (Wildman–Crippen MR) is 116 cm³/mol. The molecular formula is C24H26BrNO. The number of pyridine rings is 1. The molecule has 0 amide bonds. The highest BCUT2D eigenvalue weighted by Gasteiger charge is 2.16. The summed E-state index contributed by atoms with van der Waals surface area (Å²) in [4.78, 5) is 4.78. The summed E-state index contributed by atoms with van der Waals surface area (Å²) < 4.78 is 7.01. The topological polar surface area (TPSA) is 22.1 Å². The number of hydrogen-bond acceptors (Lipinski definition) is 2. The van der Waals surface area contributed by atoms with Gasteiger partial charge in [0.25, 0.3) is 0 Å². The van der Waals surface area contributed by atoms with Crippen LogP contribution >= 0.6 is 15.9 Å². The second-order valence-corrected chi connectivity index (χ2v) is 8.75. The molecule has 3 rings (SSSR count). The van der Waals surface area contributed by atoms with E-state index >= 15 is 0 Å². The lowest BCUT2D eigenvalue weighted by molar-refractivity contribution is 0.304. The first-order valence-electron chi connectivity index (χ1n) is 9.21. The molecule has 0 atom stereocenters. The maximum Gasteiger partial charge on any atom is 0.138 e. The number of aryl methyl sites for hydroxylation is 2. The molecule has 0 aliphatic carbocycles. The van der Waals surface area contributed by atoms with Gasteiger partial charge in [-0.1, -0.05) is 69.3 Å². The molecule has 0 saturated heterocycles. The number of rotatable bonds is 4. The first kappa shape index (κ1) is 19.6. The van der Waals surface area contributed by atoms with E-state index in [-0.39, 0.29) is 5.41 Å². The number of halogens is 1. The van der Waals surface area contributed by atoms with Gasteiger partial charge in [-0.2, -0.15) is 0 Å². The zero-order chi connectivity index (χ0) is 19.6. The summed E-state index contributed by atoms with van der Waals surface area (Å²) in [7, 11) is 0. The molecule has 2 nitrogen and oxygen atoms in total. The van der Waals surface area contributed by atoms with E-state index in [2.05, 4.69) is 74.0 Å². The van der Waals surface area contributed by atoms with Crippen LogP contribution in [0.1, 0.15) is 43.2 Å². The Hall–Kier alpha value is -2.13. The molecule has 1 aromatic heterocycles. The van der Waals surface area contributed by atoms with Gasteiger partial charge >= 0.3 is 0 Å². The number of nitrogens with zero attached hydrogens (tertiary/aromatic N) is 1. The lowest BCUT2D eigenvalue weighted by atomic mass is 9.85. The van der Waals surface area contributed by atoms with Crippen LogP contribution in [0.5, 0.6) is 5.75 Å². The van der Waals surface area contributed by atoms with Crippen molar-refractivity contribution >= 4 is 15.9 Å². The van der Waals surface area contributed by atoms with E-state index in [0.717, 1.165) is 32.7 Å². The first-order chi connectivity index (χ1) is 12.8. The molecule has 3 aromatic rings. The van der Waals surface area contributed by atoms with Crippen molar-refractivity contribution in [3.63, 3.8) is 0 Å². The van der Waals surface area contributed by atoms with Crippen molar-refractivity contribution in [2.45, 2.75) is 46.6 Å². The Labute approximate surface area is 170 Å². The molecule has 0 spiro atoms. The lowest BCUT2D eigenvalue weighted by Gasteiger charge is -2.21. The minimum absolute atomic E-state index is 0.135. The van der Waals surface area contributed by atoms with Crippen molar-refractivity contribution < 1.29 is 4.74 Å². The van der Waals surface area contributed by atoms with Crippen molar-refractivity contribution in [2.75, 3.05) is 0 Å². The molecule has 0 unspecified atom stereocenters. The van der Waals surface area contributed by atoms with Crippen molar-refractivity contribution in [2.24, 2.45) is 0 Å². The van der Waals surface area contributed by atoms with Crippen LogP contribution in [-0.4, -0.2) is 4.98 Å². The summed E-state index contributed by atoms with van der Waals surface area (Å²) in [6.07, 6.45) is 0. The van der Waals surface area contributed by atoms with E-state index in [0.29, 0.717) is 6.61 Å². The summed E-state index contributed by atoms with van der Waals surface area (Å²) >= 11 is 3.63. The molecule has 0 N–H and O–H groups in total. The maximum atomic E-state index is 6.10. The summed E-state index contributed by atoms with van der Waals surface area (Å²) in [5, 5.41) is 0. The van der Waals surface area contributed by atoms with Crippen molar-refractivity contribution in [3.8, 4) is 17.0 Å². The normalized spacial score (nSPS) is 11.5. The fourth-order valence-electron chi connectivity index (χ4n) is 3.02. The highest BCUT2D eigenvalue weighted by Crippen LogP contribution is 2.35. The van der Waals surface area contributed by atoms with Gasteiger partial charge in [-0.05, 0) is 51.9 Å². The van der Waals surface area contributed by atoms with Gasteiger partial charge in [-0.15, -0.1) is 0 Å². The molecule has 0 fully saturated rings. The highest BCUT2D eigenvalue weighted by atomic mass is 79.9. The quantitative estimate of drug-likeness (QED) is 0.450. The van der Waals surface area contributed by atoms with Gasteiger partial charge in [0, 0.05) is 11.6 Å². The molecule has 0 saturated carbocycles. The first-order valence-corrected chi connectivity index (χ1v) is 10.0. The third-order valence-electron chi connectivity index (χ3n) is 4.70. The molecule has 0 aliphatic heterocycles. The summed E-state index contributed by atoms with van der Waals surface area (Å²) in [5.74, 6) is 0.820. The molecule has 1 heterocycles. The Balaban J connectivity index is 1.94. The number of benzene rings is 2. The van der Waals surface area contributed by atoms with Crippen LogP contribution in [0.3, 0.4) is 0 Å².